The third-order valence-electron chi connectivity index (χ3n) is 7.78. The van der Waals surface area contributed by atoms with E-state index in [1.807, 2.05) is 0 Å². The molecule has 6 nitrogen and oxygen atoms in total. The van der Waals surface area contributed by atoms with Gasteiger partial charge in [0.25, 0.3) is 0 Å². The summed E-state index contributed by atoms with van der Waals surface area (Å²) in [6.07, 6.45) is 0. The Morgan fingerprint density at radius 1 is 1.00 bits per heavy atom. The minimum atomic E-state index is -0.752. The highest BCUT2D eigenvalue weighted by Gasteiger charge is 3.04. The maximum Gasteiger partial charge on any atom is 0.347 e. The van der Waals surface area contributed by atoms with Crippen molar-refractivity contribution >= 4 is 10.8 Å². The second kappa shape index (κ2) is 2.14. The van der Waals surface area contributed by atoms with Crippen molar-refractivity contribution in [3.63, 3.8) is 0 Å². The highest BCUT2D eigenvalue weighted by molar-refractivity contribution is 7.85. The zero-order valence-corrected chi connectivity index (χ0v) is 11.7. The van der Waals surface area contributed by atoms with E-state index in [2.05, 4.69) is 0 Å². The van der Waals surface area contributed by atoms with E-state index >= 15 is 0 Å². The van der Waals surface area contributed by atoms with Gasteiger partial charge in [-0.05, 0) is 23.7 Å². The summed E-state index contributed by atoms with van der Waals surface area (Å²) in [5, 5.41) is 0. The second-order valence-electron chi connectivity index (χ2n) is 7.72. The van der Waals surface area contributed by atoms with Gasteiger partial charge in [-0.1, -0.05) is 0 Å². The standard InChI is InChI=1S/C13H13N3O3S/c1-14-10(17)15-8-5-4-6(5)9(16(15)11(14)18)13-3-20(19)2-12(8,13)7(4)13/h4-9H,2-3H2,1H3/t4?,5-,6-,7?,8+,9+,12-,13+,20?/m0/s1. The van der Waals surface area contributed by atoms with Crippen molar-refractivity contribution in [2.75, 3.05) is 11.5 Å². The fraction of sp³-hybridized carbons (Fsp3) is 0.846. The van der Waals surface area contributed by atoms with Gasteiger partial charge in [0.15, 0.2) is 0 Å². The minimum Gasteiger partial charge on any atom is -0.260 e. The molecule has 3 unspecified atom stereocenters. The van der Waals surface area contributed by atoms with Crippen LogP contribution in [0.3, 0.4) is 0 Å². The molecule has 8 rings (SSSR count). The van der Waals surface area contributed by atoms with Crippen LogP contribution >= 0.6 is 0 Å². The quantitative estimate of drug-likeness (QED) is 0.597. The van der Waals surface area contributed by atoms with Crippen LogP contribution in [0.25, 0.3) is 0 Å². The Balaban J connectivity index is 1.69. The van der Waals surface area contributed by atoms with Crippen LogP contribution in [-0.4, -0.2) is 29.6 Å². The molecule has 20 heavy (non-hydrogen) atoms. The molecular weight excluding hydrogens is 278 g/mol. The summed E-state index contributed by atoms with van der Waals surface area (Å²) in [5.41, 5.74) is -0.0984. The molecule has 2 spiro atoms. The molecular formula is C13H13N3O3S. The highest BCUT2D eigenvalue weighted by Crippen LogP contribution is 3.03. The molecule has 0 radical (unpaired) electrons. The van der Waals surface area contributed by atoms with Gasteiger partial charge in [-0.2, -0.15) is 0 Å². The minimum absolute atomic E-state index is 0.115. The lowest BCUT2D eigenvalue weighted by Crippen LogP contribution is -2.52. The van der Waals surface area contributed by atoms with E-state index in [1.165, 1.54) is 4.57 Å². The predicted octanol–water partition coefficient (Wildman–Crippen LogP) is -1.30. The summed E-state index contributed by atoms with van der Waals surface area (Å²) in [6.45, 7) is 0. The van der Waals surface area contributed by atoms with Gasteiger partial charge in [0.2, 0.25) is 0 Å². The summed E-state index contributed by atoms with van der Waals surface area (Å²) < 4.78 is 17.0. The van der Waals surface area contributed by atoms with Gasteiger partial charge in [-0.25, -0.2) is 23.5 Å². The van der Waals surface area contributed by atoms with Crippen molar-refractivity contribution < 1.29 is 4.21 Å². The lowest BCUT2D eigenvalue weighted by Gasteiger charge is -2.45. The van der Waals surface area contributed by atoms with E-state index in [1.54, 1.807) is 16.4 Å². The van der Waals surface area contributed by atoms with Gasteiger partial charge in [-0.3, -0.25) is 4.21 Å². The Bertz CT molecular complexity index is 843. The summed E-state index contributed by atoms with van der Waals surface area (Å²) in [5.74, 6) is 4.12. The molecule has 4 saturated carbocycles. The molecule has 0 N–H and O–H groups in total. The van der Waals surface area contributed by atoms with Crippen molar-refractivity contribution in [3.8, 4) is 0 Å². The van der Waals surface area contributed by atoms with Crippen LogP contribution in [0, 0.1) is 34.5 Å². The molecule has 9 atom stereocenters. The first-order chi connectivity index (χ1) is 9.57. The maximum absolute atomic E-state index is 12.5. The van der Waals surface area contributed by atoms with E-state index < -0.39 is 10.8 Å². The van der Waals surface area contributed by atoms with E-state index in [9.17, 15) is 13.8 Å². The van der Waals surface area contributed by atoms with Crippen molar-refractivity contribution in [2.45, 2.75) is 12.1 Å². The first-order valence-electron chi connectivity index (χ1n) is 7.32. The van der Waals surface area contributed by atoms with E-state index in [0.717, 1.165) is 17.4 Å². The first kappa shape index (κ1) is 9.76. The van der Waals surface area contributed by atoms with E-state index in [0.29, 0.717) is 17.8 Å². The van der Waals surface area contributed by atoms with Crippen LogP contribution in [-0.2, 0) is 17.8 Å². The van der Waals surface area contributed by atoms with Crippen LogP contribution in [0.5, 0.6) is 0 Å². The van der Waals surface area contributed by atoms with Gasteiger partial charge < -0.3 is 0 Å². The topological polar surface area (TPSA) is 66.0 Å². The molecule has 5 fully saturated rings. The Kier molecular flexibility index (Phi) is 1.04. The van der Waals surface area contributed by atoms with Gasteiger partial charge >= 0.3 is 11.4 Å². The van der Waals surface area contributed by atoms with Gasteiger partial charge in [0, 0.05) is 40.2 Å². The molecule has 0 amide bonds. The van der Waals surface area contributed by atoms with Gasteiger partial charge in [-0.15, -0.1) is 0 Å². The Morgan fingerprint density at radius 2 is 1.50 bits per heavy atom. The summed E-state index contributed by atoms with van der Waals surface area (Å²) in [6, 6.07) is 0.334. The molecule has 7 heteroatoms. The van der Waals surface area contributed by atoms with Crippen LogP contribution in [0.1, 0.15) is 12.1 Å². The normalized spacial score (nSPS) is 64.3. The lowest BCUT2D eigenvalue weighted by molar-refractivity contribution is 0.0280. The molecule has 104 valence electrons. The molecule has 3 aliphatic heterocycles. The summed E-state index contributed by atoms with van der Waals surface area (Å²) in [7, 11) is 0.827. The van der Waals surface area contributed by atoms with Crippen LogP contribution in [0.2, 0.25) is 0 Å². The molecule has 7 aliphatic rings. The average Bonchev–Trinajstić information content (AvgIpc) is 3.04. The van der Waals surface area contributed by atoms with Crippen LogP contribution in [0.4, 0.5) is 0 Å². The third kappa shape index (κ3) is 0.528. The number of nitrogens with zero attached hydrogens (tertiary/aromatic N) is 3. The average molecular weight is 291 g/mol. The fourth-order valence-electron chi connectivity index (χ4n) is 7.69. The van der Waals surface area contributed by atoms with E-state index in [-0.39, 0.29) is 34.3 Å². The lowest BCUT2D eigenvalue weighted by atomic mass is 9.73. The number of aromatic nitrogens is 3. The summed E-state index contributed by atoms with van der Waals surface area (Å²) in [4.78, 5) is 24.9. The summed E-state index contributed by atoms with van der Waals surface area (Å²) >= 11 is 0. The number of hydrogen-bond donors (Lipinski definition) is 0. The number of rotatable bonds is 0. The molecule has 2 bridgehead atoms. The largest absolute Gasteiger partial charge is 0.347 e. The van der Waals surface area contributed by atoms with Gasteiger partial charge in [0.1, 0.15) is 0 Å². The Labute approximate surface area is 115 Å². The third-order valence-corrected chi connectivity index (χ3v) is 9.38. The molecule has 4 heterocycles. The van der Waals surface area contributed by atoms with Crippen molar-refractivity contribution in [1.82, 2.24) is 13.9 Å². The van der Waals surface area contributed by atoms with Crippen LogP contribution < -0.4 is 11.4 Å². The smallest absolute Gasteiger partial charge is 0.260 e. The SMILES string of the molecule is Cn1c(=O)n2n(c1=O)[C@@H]1[C@H]3C4C5[C@@]6(CS(=O)C[C@@]516)[C@H]2[C@@H]43. The molecule has 0 aromatic carbocycles. The monoisotopic (exact) mass is 291 g/mol. The second-order valence-corrected chi connectivity index (χ2v) is 9.18. The first-order valence-corrected chi connectivity index (χ1v) is 8.81. The molecule has 4 aliphatic carbocycles. The fourth-order valence-corrected chi connectivity index (χ4v) is 10.1. The Hall–Kier alpha value is -1.11. The highest BCUT2D eigenvalue weighted by atomic mass is 32.2. The molecule has 1 aromatic rings. The zero-order valence-electron chi connectivity index (χ0n) is 10.9. The zero-order chi connectivity index (χ0) is 13.3. The van der Waals surface area contributed by atoms with Crippen molar-refractivity contribution in [3.05, 3.63) is 21.0 Å². The van der Waals surface area contributed by atoms with Crippen molar-refractivity contribution in [2.24, 2.45) is 41.5 Å². The van der Waals surface area contributed by atoms with Gasteiger partial charge in [0.05, 0.1) is 12.1 Å². The molecule has 1 saturated heterocycles. The maximum atomic E-state index is 12.5. The van der Waals surface area contributed by atoms with Crippen molar-refractivity contribution in [1.29, 1.82) is 0 Å². The van der Waals surface area contributed by atoms with E-state index in [4.69, 9.17) is 0 Å². The van der Waals surface area contributed by atoms with Crippen LogP contribution in [0.15, 0.2) is 9.59 Å². The number of hydrogen-bond acceptors (Lipinski definition) is 3. The Morgan fingerprint density at radius 3 is 2.00 bits per heavy atom. The molecule has 1 aromatic heterocycles. The predicted molar refractivity (Wildman–Crippen MR) is 68.7 cm³/mol.